The van der Waals surface area contributed by atoms with Gasteiger partial charge in [0.05, 0.1) is 7.11 Å². The van der Waals surface area contributed by atoms with Crippen LogP contribution in [-0.4, -0.2) is 25.3 Å². The molecule has 0 aromatic heterocycles. The molecule has 154 valence electrons. The van der Waals surface area contributed by atoms with Gasteiger partial charge in [-0.05, 0) is 91.5 Å². The van der Waals surface area contributed by atoms with E-state index in [4.69, 9.17) is 4.74 Å². The quantitative estimate of drug-likeness (QED) is 0.526. The molecule has 0 aliphatic rings. The fourth-order valence-corrected chi connectivity index (χ4v) is 4.39. The smallest absolute Gasteiger partial charge is 0.188 e. The SMILES string of the molecule is COc1cccc(CCC(CC(C)(C)[Si](C)(C)O)c2cc(C)c(O)c(C)c2)c1. The van der Waals surface area contributed by atoms with Crippen LogP contribution in [0.3, 0.4) is 0 Å². The lowest BCUT2D eigenvalue weighted by atomic mass is 9.84. The van der Waals surface area contributed by atoms with E-state index in [0.717, 1.165) is 36.1 Å². The molecule has 0 saturated carbocycles. The lowest BCUT2D eigenvalue weighted by Gasteiger charge is -2.38. The van der Waals surface area contributed by atoms with E-state index in [1.54, 1.807) is 7.11 Å². The van der Waals surface area contributed by atoms with Gasteiger partial charge in [0.2, 0.25) is 0 Å². The van der Waals surface area contributed by atoms with Gasteiger partial charge in [-0.15, -0.1) is 0 Å². The molecule has 0 fully saturated rings. The average molecular weight is 401 g/mol. The summed E-state index contributed by atoms with van der Waals surface area (Å²) in [5.41, 5.74) is 4.34. The zero-order valence-electron chi connectivity index (χ0n) is 18.5. The molecule has 0 radical (unpaired) electrons. The van der Waals surface area contributed by atoms with E-state index < -0.39 is 8.32 Å². The number of phenols is 1. The van der Waals surface area contributed by atoms with Crippen LogP contribution in [0.5, 0.6) is 11.5 Å². The predicted molar refractivity (Wildman–Crippen MR) is 120 cm³/mol. The first-order chi connectivity index (χ1) is 12.9. The van der Waals surface area contributed by atoms with Crippen molar-refractivity contribution in [2.24, 2.45) is 0 Å². The molecule has 1 atom stereocenters. The molecular weight excluding hydrogens is 364 g/mol. The maximum Gasteiger partial charge on any atom is 0.188 e. The molecule has 4 heteroatoms. The number of aryl methyl sites for hydroxylation is 3. The Labute approximate surface area is 171 Å². The molecule has 0 spiro atoms. The fraction of sp³-hybridized carbons (Fsp3) is 0.500. The molecule has 0 aliphatic heterocycles. The Hall–Kier alpha value is -1.78. The topological polar surface area (TPSA) is 49.7 Å². The van der Waals surface area contributed by atoms with Crippen molar-refractivity contribution in [3.63, 3.8) is 0 Å². The van der Waals surface area contributed by atoms with Crippen molar-refractivity contribution in [2.45, 2.75) is 71.0 Å². The highest BCUT2D eigenvalue weighted by molar-refractivity contribution is 6.72. The zero-order chi connectivity index (χ0) is 21.1. The summed E-state index contributed by atoms with van der Waals surface area (Å²) < 4.78 is 5.36. The van der Waals surface area contributed by atoms with Crippen LogP contribution in [0.15, 0.2) is 36.4 Å². The molecule has 1 unspecified atom stereocenters. The minimum atomic E-state index is -2.31. The first-order valence-electron chi connectivity index (χ1n) is 10.1. The van der Waals surface area contributed by atoms with Gasteiger partial charge in [0, 0.05) is 0 Å². The predicted octanol–water partition coefficient (Wildman–Crippen LogP) is 6.10. The number of phenolic OH excluding ortho intramolecular Hbond substituents is 1. The highest BCUT2D eigenvalue weighted by Crippen LogP contribution is 2.46. The molecule has 3 nitrogen and oxygen atoms in total. The van der Waals surface area contributed by atoms with Crippen LogP contribution in [0.1, 0.15) is 54.9 Å². The van der Waals surface area contributed by atoms with E-state index in [9.17, 15) is 9.90 Å². The number of rotatable bonds is 8. The second-order valence-electron chi connectivity index (χ2n) is 9.24. The van der Waals surface area contributed by atoms with Crippen molar-refractivity contribution < 1.29 is 14.6 Å². The van der Waals surface area contributed by atoms with Gasteiger partial charge in [0.15, 0.2) is 8.32 Å². The molecule has 2 rings (SSSR count). The van der Waals surface area contributed by atoms with E-state index in [0.29, 0.717) is 11.7 Å². The van der Waals surface area contributed by atoms with Crippen molar-refractivity contribution >= 4 is 8.32 Å². The Morgan fingerprint density at radius 1 is 1.07 bits per heavy atom. The summed E-state index contributed by atoms with van der Waals surface area (Å²) in [6.07, 6.45) is 2.87. The molecule has 0 aliphatic carbocycles. The van der Waals surface area contributed by atoms with Crippen molar-refractivity contribution in [3.05, 3.63) is 58.7 Å². The lowest BCUT2D eigenvalue weighted by Crippen LogP contribution is -2.40. The van der Waals surface area contributed by atoms with Crippen molar-refractivity contribution in [1.82, 2.24) is 0 Å². The lowest BCUT2D eigenvalue weighted by molar-refractivity contribution is 0.409. The molecule has 0 amide bonds. The van der Waals surface area contributed by atoms with Crippen molar-refractivity contribution in [3.8, 4) is 11.5 Å². The summed E-state index contributed by atoms with van der Waals surface area (Å²) in [7, 11) is -0.616. The standard InChI is InChI=1S/C24H36O3Si/c1-17-13-21(14-18(2)23(17)25)20(16-24(3,4)28(6,7)26)12-11-19-9-8-10-22(15-19)27-5/h8-10,13-15,20,25-26H,11-12,16H2,1-7H3. The number of aromatic hydroxyl groups is 1. The van der Waals surface area contributed by atoms with Crippen LogP contribution in [0.2, 0.25) is 18.1 Å². The Morgan fingerprint density at radius 2 is 1.68 bits per heavy atom. The van der Waals surface area contributed by atoms with E-state index in [-0.39, 0.29) is 5.04 Å². The van der Waals surface area contributed by atoms with Gasteiger partial charge in [0.25, 0.3) is 0 Å². The van der Waals surface area contributed by atoms with Crippen molar-refractivity contribution in [2.75, 3.05) is 7.11 Å². The minimum absolute atomic E-state index is 0.105. The molecular formula is C24H36O3Si. The highest BCUT2D eigenvalue weighted by atomic mass is 28.4. The summed E-state index contributed by atoms with van der Waals surface area (Å²) in [5.74, 6) is 1.58. The third kappa shape index (κ3) is 5.39. The first-order valence-corrected chi connectivity index (χ1v) is 13.0. The van der Waals surface area contributed by atoms with Crippen LogP contribution in [0.25, 0.3) is 0 Å². The van der Waals surface area contributed by atoms with Gasteiger partial charge in [-0.25, -0.2) is 0 Å². The summed E-state index contributed by atoms with van der Waals surface area (Å²) >= 11 is 0. The molecule has 2 aromatic carbocycles. The molecule has 0 heterocycles. The normalized spacial score (nSPS) is 13.4. The second kappa shape index (κ2) is 8.71. The molecule has 0 saturated heterocycles. The second-order valence-corrected chi connectivity index (χ2v) is 13.7. The zero-order valence-corrected chi connectivity index (χ0v) is 19.5. The number of benzene rings is 2. The number of hydrogen-bond donors (Lipinski definition) is 2. The Balaban J connectivity index is 2.33. The Morgan fingerprint density at radius 3 is 2.21 bits per heavy atom. The third-order valence-electron chi connectivity index (χ3n) is 6.31. The van der Waals surface area contributed by atoms with Crippen LogP contribution < -0.4 is 4.74 Å². The third-order valence-corrected chi connectivity index (χ3v) is 9.83. The van der Waals surface area contributed by atoms with Gasteiger partial charge in [-0.2, -0.15) is 0 Å². The van der Waals surface area contributed by atoms with Crippen LogP contribution in [0, 0.1) is 13.8 Å². The number of hydrogen-bond acceptors (Lipinski definition) is 3. The van der Waals surface area contributed by atoms with E-state index in [2.05, 4.69) is 38.1 Å². The van der Waals surface area contributed by atoms with Gasteiger partial charge < -0.3 is 14.6 Å². The minimum Gasteiger partial charge on any atom is -0.507 e. The van der Waals surface area contributed by atoms with Crippen LogP contribution in [0.4, 0.5) is 0 Å². The number of methoxy groups -OCH3 is 1. The van der Waals surface area contributed by atoms with Crippen LogP contribution >= 0.6 is 0 Å². The molecule has 2 aromatic rings. The largest absolute Gasteiger partial charge is 0.507 e. The van der Waals surface area contributed by atoms with Crippen molar-refractivity contribution in [1.29, 1.82) is 0 Å². The maximum absolute atomic E-state index is 10.8. The van der Waals surface area contributed by atoms with Gasteiger partial charge in [0.1, 0.15) is 11.5 Å². The van der Waals surface area contributed by atoms with Gasteiger partial charge in [-0.1, -0.05) is 38.1 Å². The van der Waals surface area contributed by atoms with Crippen LogP contribution in [-0.2, 0) is 6.42 Å². The highest BCUT2D eigenvalue weighted by Gasteiger charge is 2.39. The van der Waals surface area contributed by atoms with E-state index >= 15 is 0 Å². The fourth-order valence-electron chi connectivity index (χ4n) is 3.65. The Kier molecular flexibility index (Phi) is 7.00. The molecule has 2 N–H and O–H groups in total. The Bertz CT molecular complexity index is 783. The van der Waals surface area contributed by atoms with E-state index in [1.165, 1.54) is 11.1 Å². The first kappa shape index (κ1) is 22.5. The summed E-state index contributed by atoms with van der Waals surface area (Å²) in [5, 5.41) is 10.1. The summed E-state index contributed by atoms with van der Waals surface area (Å²) in [6, 6.07) is 12.5. The molecule has 28 heavy (non-hydrogen) atoms. The van der Waals surface area contributed by atoms with E-state index in [1.807, 2.05) is 39.1 Å². The average Bonchev–Trinajstić information content (AvgIpc) is 2.61. The summed E-state index contributed by atoms with van der Waals surface area (Å²) in [6.45, 7) is 12.4. The monoisotopic (exact) mass is 400 g/mol. The number of ether oxygens (including phenoxy) is 1. The van der Waals surface area contributed by atoms with Gasteiger partial charge >= 0.3 is 0 Å². The maximum atomic E-state index is 10.8. The molecule has 0 bridgehead atoms. The summed E-state index contributed by atoms with van der Waals surface area (Å²) in [4.78, 5) is 10.8. The van der Waals surface area contributed by atoms with Gasteiger partial charge in [-0.3, -0.25) is 0 Å².